The van der Waals surface area contributed by atoms with Gasteiger partial charge < -0.3 is 15.5 Å². The normalized spacial score (nSPS) is 13.2. The van der Waals surface area contributed by atoms with Crippen LogP contribution in [0.5, 0.6) is 0 Å². The first kappa shape index (κ1) is 29.6. The molecule has 3 aromatic rings. The fraction of sp³-hybridized carbons (Fsp3) is 0.351. The van der Waals surface area contributed by atoms with Gasteiger partial charge >= 0.3 is 0 Å². The molecule has 0 amide bonds. The van der Waals surface area contributed by atoms with E-state index in [9.17, 15) is 0 Å². The second kappa shape index (κ2) is 14.8. The number of rotatable bonds is 12. The Morgan fingerprint density at radius 1 is 0.675 bits per heavy atom. The summed E-state index contributed by atoms with van der Waals surface area (Å²) in [4.78, 5) is 2.42. The van der Waals surface area contributed by atoms with E-state index in [-0.39, 0.29) is 5.92 Å². The summed E-state index contributed by atoms with van der Waals surface area (Å²) in [5.74, 6) is 0.195. The highest BCUT2D eigenvalue weighted by Crippen LogP contribution is 2.38. The van der Waals surface area contributed by atoms with E-state index < -0.39 is 0 Å². The molecule has 0 atom stereocenters. The predicted octanol–water partition coefficient (Wildman–Crippen LogP) is 8.05. The zero-order valence-electron chi connectivity index (χ0n) is 25.1. The number of aryl methyl sites for hydroxylation is 1. The molecule has 0 heterocycles. The summed E-state index contributed by atoms with van der Waals surface area (Å²) in [5.41, 5.74) is 12.5. The van der Waals surface area contributed by atoms with Crippen molar-refractivity contribution in [2.24, 2.45) is 0 Å². The Balaban J connectivity index is 0.000000451. The number of nitrogens with one attached hydrogen (secondary N) is 2. The molecule has 3 aromatic carbocycles. The third-order valence-electron chi connectivity index (χ3n) is 7.99. The molecule has 0 spiro atoms. The molecule has 0 radical (unpaired) electrons. The molecule has 3 heteroatoms. The molecule has 2 N–H and O–H groups in total. The summed E-state index contributed by atoms with van der Waals surface area (Å²) in [5, 5.41) is 7.09. The summed E-state index contributed by atoms with van der Waals surface area (Å²) >= 11 is 0. The van der Waals surface area contributed by atoms with Crippen molar-refractivity contribution in [3.63, 3.8) is 0 Å². The SMILES string of the molecule is C1=CC2=CC=C1C2.CCNCc1ccccc1C(c1ccc(N(CC)CC)cc1C)c1ccccc1CNCC. The average molecular weight is 534 g/mol. The molecule has 0 saturated heterocycles. The van der Waals surface area contributed by atoms with Crippen LogP contribution in [0.2, 0.25) is 0 Å². The molecule has 40 heavy (non-hydrogen) atoms. The van der Waals surface area contributed by atoms with Gasteiger partial charge in [-0.3, -0.25) is 0 Å². The Morgan fingerprint density at radius 3 is 1.60 bits per heavy atom. The van der Waals surface area contributed by atoms with E-state index in [1.165, 1.54) is 56.6 Å². The fourth-order valence-electron chi connectivity index (χ4n) is 5.76. The maximum atomic E-state index is 3.55. The second-order valence-electron chi connectivity index (χ2n) is 10.6. The van der Waals surface area contributed by atoms with Crippen molar-refractivity contribution in [3.05, 3.63) is 136 Å². The third kappa shape index (κ3) is 7.21. The lowest BCUT2D eigenvalue weighted by atomic mass is 9.79. The summed E-state index contributed by atoms with van der Waals surface area (Å²) in [7, 11) is 0. The number of fused-ring (bicyclic) bond motifs is 2. The van der Waals surface area contributed by atoms with Gasteiger partial charge in [0.25, 0.3) is 0 Å². The number of hydrogen-bond acceptors (Lipinski definition) is 3. The molecule has 0 saturated carbocycles. The van der Waals surface area contributed by atoms with Crippen LogP contribution in [0.15, 0.2) is 102 Å². The molecule has 210 valence electrons. The predicted molar refractivity (Wildman–Crippen MR) is 173 cm³/mol. The lowest BCUT2D eigenvalue weighted by molar-refractivity contribution is 0.707. The molecule has 2 aliphatic rings. The van der Waals surface area contributed by atoms with Gasteiger partial charge in [0, 0.05) is 37.8 Å². The highest BCUT2D eigenvalue weighted by molar-refractivity contribution is 5.57. The Bertz CT molecular complexity index is 1270. The molecule has 3 nitrogen and oxygen atoms in total. The van der Waals surface area contributed by atoms with Gasteiger partial charge in [0.05, 0.1) is 0 Å². The minimum atomic E-state index is 0.195. The van der Waals surface area contributed by atoms with Crippen molar-refractivity contribution >= 4 is 5.69 Å². The van der Waals surface area contributed by atoms with Crippen molar-refractivity contribution in [1.29, 1.82) is 0 Å². The summed E-state index contributed by atoms with van der Waals surface area (Å²) < 4.78 is 0. The molecule has 0 fully saturated rings. The van der Waals surface area contributed by atoms with E-state index in [0.717, 1.165) is 39.3 Å². The van der Waals surface area contributed by atoms with E-state index >= 15 is 0 Å². The zero-order valence-corrected chi connectivity index (χ0v) is 25.1. The Hall–Kier alpha value is -3.40. The van der Waals surface area contributed by atoms with Gasteiger partial charge in [0.15, 0.2) is 0 Å². The minimum absolute atomic E-state index is 0.195. The van der Waals surface area contributed by atoms with Crippen molar-refractivity contribution in [1.82, 2.24) is 10.6 Å². The van der Waals surface area contributed by atoms with E-state index in [0.29, 0.717) is 0 Å². The van der Waals surface area contributed by atoms with Gasteiger partial charge in [0.1, 0.15) is 0 Å². The molecule has 0 aliphatic heterocycles. The lowest BCUT2D eigenvalue weighted by Crippen LogP contribution is -2.22. The Morgan fingerprint density at radius 2 is 1.20 bits per heavy atom. The van der Waals surface area contributed by atoms with Gasteiger partial charge in [-0.25, -0.2) is 0 Å². The Kier molecular flexibility index (Phi) is 11.0. The number of anilines is 1. The lowest BCUT2D eigenvalue weighted by Gasteiger charge is -2.28. The van der Waals surface area contributed by atoms with Crippen molar-refractivity contribution in [2.75, 3.05) is 31.1 Å². The second-order valence-corrected chi connectivity index (χ2v) is 10.6. The van der Waals surface area contributed by atoms with Crippen molar-refractivity contribution in [2.45, 2.75) is 60.0 Å². The molecule has 0 unspecified atom stereocenters. The highest BCUT2D eigenvalue weighted by atomic mass is 15.1. The number of nitrogens with zero attached hydrogens (tertiary/aromatic N) is 1. The number of benzene rings is 3. The maximum Gasteiger partial charge on any atom is 0.0368 e. The monoisotopic (exact) mass is 533 g/mol. The molecule has 5 rings (SSSR count). The van der Waals surface area contributed by atoms with Crippen LogP contribution in [-0.4, -0.2) is 26.2 Å². The van der Waals surface area contributed by atoms with Gasteiger partial charge in [-0.05, 0) is 96.9 Å². The quantitative estimate of drug-likeness (QED) is 0.231. The number of allylic oxidation sites excluding steroid dienone is 6. The van der Waals surface area contributed by atoms with Crippen LogP contribution in [0.1, 0.15) is 73.4 Å². The minimum Gasteiger partial charge on any atom is -0.372 e. The average Bonchev–Trinajstić information content (AvgIpc) is 3.65. The molecule has 2 bridgehead atoms. The maximum absolute atomic E-state index is 3.55. The molecular weight excluding hydrogens is 486 g/mol. The van der Waals surface area contributed by atoms with Crippen LogP contribution in [-0.2, 0) is 13.1 Å². The van der Waals surface area contributed by atoms with Gasteiger partial charge in [-0.15, -0.1) is 0 Å². The van der Waals surface area contributed by atoms with Crippen molar-refractivity contribution < 1.29 is 0 Å². The number of hydrogen-bond donors (Lipinski definition) is 2. The van der Waals surface area contributed by atoms with Crippen molar-refractivity contribution in [3.8, 4) is 0 Å². The topological polar surface area (TPSA) is 27.3 Å². The third-order valence-corrected chi connectivity index (χ3v) is 7.99. The standard InChI is InChI=1S/C30H41N3.C7H6/c1-6-31-21-24-14-10-12-16-28(24)30(29-17-13-11-15-25(29)22-32-7-2)27-19-18-26(20-23(27)5)33(8-3)9-4;1-2-7-4-3-6(1)5-7/h10-20,30-32H,6-9,21-22H2,1-5H3;1-4H,5H2. The van der Waals surface area contributed by atoms with Crippen LogP contribution in [0, 0.1) is 6.92 Å². The summed E-state index contributed by atoms with van der Waals surface area (Å²) in [6, 6.07) is 24.9. The van der Waals surface area contributed by atoms with Gasteiger partial charge in [-0.1, -0.05) is 92.7 Å². The molecule has 0 aromatic heterocycles. The van der Waals surface area contributed by atoms with Crippen LogP contribution in [0.25, 0.3) is 0 Å². The van der Waals surface area contributed by atoms with E-state index in [1.54, 1.807) is 0 Å². The van der Waals surface area contributed by atoms with Gasteiger partial charge in [0.2, 0.25) is 0 Å². The van der Waals surface area contributed by atoms with E-state index in [1.807, 2.05) is 0 Å². The van der Waals surface area contributed by atoms with Crippen LogP contribution < -0.4 is 15.5 Å². The van der Waals surface area contributed by atoms with E-state index in [2.05, 4.69) is 141 Å². The first-order valence-corrected chi connectivity index (χ1v) is 15.1. The first-order chi connectivity index (χ1) is 19.6. The first-order valence-electron chi connectivity index (χ1n) is 15.1. The fourth-order valence-corrected chi connectivity index (χ4v) is 5.76. The van der Waals surface area contributed by atoms with Gasteiger partial charge in [-0.2, -0.15) is 0 Å². The smallest absolute Gasteiger partial charge is 0.0368 e. The summed E-state index contributed by atoms with van der Waals surface area (Å²) in [6.45, 7) is 16.8. The largest absolute Gasteiger partial charge is 0.372 e. The zero-order chi connectivity index (χ0) is 28.3. The highest BCUT2D eigenvalue weighted by Gasteiger charge is 2.24. The van der Waals surface area contributed by atoms with Crippen LogP contribution >= 0.6 is 0 Å². The van der Waals surface area contributed by atoms with Crippen LogP contribution in [0.4, 0.5) is 5.69 Å². The molecular formula is C37H47N3. The van der Waals surface area contributed by atoms with E-state index in [4.69, 9.17) is 0 Å². The Labute approximate surface area is 242 Å². The van der Waals surface area contributed by atoms with Crippen LogP contribution in [0.3, 0.4) is 0 Å². The molecule has 2 aliphatic carbocycles. The summed E-state index contributed by atoms with van der Waals surface area (Å²) in [6.07, 6.45) is 9.90.